The highest BCUT2D eigenvalue weighted by molar-refractivity contribution is 7.92. The highest BCUT2D eigenvalue weighted by Gasteiger charge is 2.28. The first-order chi connectivity index (χ1) is 12.8. The Hall–Kier alpha value is -2.74. The quantitative estimate of drug-likeness (QED) is 0.660. The van der Waals surface area contributed by atoms with Crippen molar-refractivity contribution < 1.29 is 22.7 Å². The average Bonchev–Trinajstić information content (AvgIpc) is 2.65. The highest BCUT2D eigenvalue weighted by Crippen LogP contribution is 2.25. The van der Waals surface area contributed by atoms with Crippen molar-refractivity contribution in [3.63, 3.8) is 0 Å². The number of rotatable bonds is 9. The van der Waals surface area contributed by atoms with E-state index in [0.29, 0.717) is 17.2 Å². The number of sulfonamides is 1. The maximum absolute atomic E-state index is 12.4. The molecule has 0 saturated carbocycles. The summed E-state index contributed by atoms with van der Waals surface area (Å²) in [5, 5.41) is 2.70. The van der Waals surface area contributed by atoms with Gasteiger partial charge in [0.1, 0.15) is 12.6 Å². The number of methoxy groups -OCH3 is 1. The van der Waals surface area contributed by atoms with Crippen LogP contribution in [0, 0.1) is 0 Å². The second-order valence-corrected chi connectivity index (χ2v) is 7.72. The summed E-state index contributed by atoms with van der Waals surface area (Å²) in [5.41, 5.74) is 0.438. The van der Waals surface area contributed by atoms with Gasteiger partial charge in [-0.3, -0.25) is 9.10 Å². The van der Waals surface area contributed by atoms with Gasteiger partial charge in [-0.2, -0.15) is 0 Å². The van der Waals surface area contributed by atoms with Gasteiger partial charge in [-0.05, 0) is 31.2 Å². The third-order valence-corrected chi connectivity index (χ3v) is 5.07. The van der Waals surface area contributed by atoms with Gasteiger partial charge in [0.2, 0.25) is 15.9 Å². The van der Waals surface area contributed by atoms with E-state index in [9.17, 15) is 13.2 Å². The van der Waals surface area contributed by atoms with Crippen LogP contribution in [0.5, 0.6) is 11.5 Å². The molecule has 2 aromatic carbocycles. The summed E-state index contributed by atoms with van der Waals surface area (Å²) in [6, 6.07) is 14.8. The van der Waals surface area contributed by atoms with E-state index in [0.717, 1.165) is 10.6 Å². The number of carbonyl (C=O) groups is 1. The molecule has 146 valence electrons. The maximum atomic E-state index is 12.4. The number of anilines is 1. The van der Waals surface area contributed by atoms with Crippen LogP contribution in [0.25, 0.3) is 0 Å². The van der Waals surface area contributed by atoms with Crippen molar-refractivity contribution in [1.29, 1.82) is 0 Å². The molecule has 27 heavy (non-hydrogen) atoms. The van der Waals surface area contributed by atoms with Gasteiger partial charge < -0.3 is 14.8 Å². The van der Waals surface area contributed by atoms with E-state index in [1.165, 1.54) is 0 Å². The highest BCUT2D eigenvalue weighted by atomic mass is 32.2. The molecule has 1 N–H and O–H groups in total. The molecular weight excluding hydrogens is 368 g/mol. The average molecular weight is 392 g/mol. The predicted octanol–water partition coefficient (Wildman–Crippen LogP) is 2.04. The van der Waals surface area contributed by atoms with Crippen LogP contribution in [0.2, 0.25) is 0 Å². The Morgan fingerprint density at radius 3 is 2.26 bits per heavy atom. The molecule has 2 rings (SSSR count). The monoisotopic (exact) mass is 392 g/mol. The number of nitrogens with zero attached hydrogens (tertiary/aromatic N) is 1. The number of amides is 1. The molecule has 0 fully saturated rings. The van der Waals surface area contributed by atoms with Crippen LogP contribution in [0.4, 0.5) is 5.69 Å². The Balaban J connectivity index is 1.96. The summed E-state index contributed by atoms with van der Waals surface area (Å²) >= 11 is 0. The van der Waals surface area contributed by atoms with E-state index in [-0.39, 0.29) is 13.2 Å². The van der Waals surface area contributed by atoms with Crippen LogP contribution < -0.4 is 19.1 Å². The van der Waals surface area contributed by atoms with Gasteiger partial charge in [-0.1, -0.05) is 30.3 Å². The Kier molecular flexibility index (Phi) is 7.06. The SMILES string of the molecule is COc1ccccc1OCCNC(=O)C(C)N(c1ccccc1)S(C)(=O)=O. The summed E-state index contributed by atoms with van der Waals surface area (Å²) in [6.45, 7) is 2.00. The molecule has 0 aliphatic rings. The zero-order valence-corrected chi connectivity index (χ0v) is 16.4. The fourth-order valence-corrected chi connectivity index (χ4v) is 3.78. The summed E-state index contributed by atoms with van der Waals surface area (Å²) in [6.07, 6.45) is 1.08. The van der Waals surface area contributed by atoms with Crippen molar-refractivity contribution in [1.82, 2.24) is 5.32 Å². The third-order valence-electron chi connectivity index (χ3n) is 3.83. The van der Waals surface area contributed by atoms with Gasteiger partial charge in [0.25, 0.3) is 0 Å². The largest absolute Gasteiger partial charge is 0.493 e. The van der Waals surface area contributed by atoms with Gasteiger partial charge in [0, 0.05) is 0 Å². The molecule has 0 aromatic heterocycles. The van der Waals surface area contributed by atoms with Crippen molar-refractivity contribution in [2.24, 2.45) is 0 Å². The first-order valence-electron chi connectivity index (χ1n) is 8.42. The molecule has 2 aromatic rings. The number of hydrogen-bond donors (Lipinski definition) is 1. The van der Waals surface area contributed by atoms with E-state index >= 15 is 0 Å². The number of para-hydroxylation sites is 3. The minimum atomic E-state index is -3.62. The zero-order valence-electron chi connectivity index (χ0n) is 15.6. The molecular formula is C19H24N2O5S. The molecule has 8 heteroatoms. The number of carbonyl (C=O) groups excluding carboxylic acids is 1. The predicted molar refractivity (Wildman–Crippen MR) is 105 cm³/mol. The van der Waals surface area contributed by atoms with Crippen LogP contribution in [-0.4, -0.2) is 46.9 Å². The second kappa shape index (κ2) is 9.27. The molecule has 0 spiro atoms. The Labute approximate surface area is 160 Å². The number of nitrogens with one attached hydrogen (secondary N) is 1. The molecule has 0 bridgehead atoms. The molecule has 7 nitrogen and oxygen atoms in total. The summed E-state index contributed by atoms with van der Waals surface area (Å²) in [4.78, 5) is 12.4. The smallest absolute Gasteiger partial charge is 0.243 e. The first kappa shape index (κ1) is 20.6. The van der Waals surface area contributed by atoms with Gasteiger partial charge in [0.05, 0.1) is 25.6 Å². The van der Waals surface area contributed by atoms with Crippen LogP contribution >= 0.6 is 0 Å². The fourth-order valence-electron chi connectivity index (χ4n) is 2.60. The van der Waals surface area contributed by atoms with Crippen molar-refractivity contribution in [2.75, 3.05) is 30.8 Å². The van der Waals surface area contributed by atoms with E-state index in [4.69, 9.17) is 9.47 Å². The second-order valence-electron chi connectivity index (χ2n) is 5.86. The van der Waals surface area contributed by atoms with Gasteiger partial charge >= 0.3 is 0 Å². The number of ether oxygens (including phenoxy) is 2. The van der Waals surface area contributed by atoms with Gasteiger partial charge in [-0.25, -0.2) is 8.42 Å². The normalized spacial score (nSPS) is 12.1. The summed E-state index contributed by atoms with van der Waals surface area (Å²) < 4.78 is 36.2. The minimum Gasteiger partial charge on any atom is -0.493 e. The summed E-state index contributed by atoms with van der Waals surface area (Å²) in [7, 11) is -2.07. The minimum absolute atomic E-state index is 0.225. The lowest BCUT2D eigenvalue weighted by atomic mass is 10.2. The lowest BCUT2D eigenvalue weighted by molar-refractivity contribution is -0.121. The molecule has 0 aliphatic heterocycles. The van der Waals surface area contributed by atoms with Gasteiger partial charge in [-0.15, -0.1) is 0 Å². The Morgan fingerprint density at radius 1 is 1.07 bits per heavy atom. The van der Waals surface area contributed by atoms with Crippen LogP contribution in [0.3, 0.4) is 0 Å². The standard InChI is InChI=1S/C19H24N2O5S/c1-15(21(27(3,23)24)16-9-5-4-6-10-16)19(22)20-13-14-26-18-12-8-7-11-17(18)25-2/h4-12,15H,13-14H2,1-3H3,(H,20,22). The van der Waals surface area contributed by atoms with Crippen LogP contribution in [0.1, 0.15) is 6.92 Å². The van der Waals surface area contributed by atoms with E-state index in [1.54, 1.807) is 56.5 Å². The molecule has 0 saturated heterocycles. The van der Waals surface area contributed by atoms with Crippen molar-refractivity contribution >= 4 is 21.6 Å². The summed E-state index contributed by atoms with van der Waals surface area (Å²) in [5.74, 6) is 0.766. The molecule has 1 unspecified atom stereocenters. The zero-order chi connectivity index (χ0) is 19.9. The van der Waals surface area contributed by atoms with E-state index in [1.807, 2.05) is 12.1 Å². The Bertz CT molecular complexity index is 855. The molecule has 1 amide bonds. The fraction of sp³-hybridized carbons (Fsp3) is 0.316. The first-order valence-corrected chi connectivity index (χ1v) is 10.3. The third kappa shape index (κ3) is 5.62. The number of benzene rings is 2. The molecule has 0 heterocycles. The molecule has 1 atom stereocenters. The van der Waals surface area contributed by atoms with Crippen molar-refractivity contribution in [3.8, 4) is 11.5 Å². The number of hydrogen-bond acceptors (Lipinski definition) is 5. The Morgan fingerprint density at radius 2 is 1.67 bits per heavy atom. The van der Waals surface area contributed by atoms with Crippen LogP contribution in [0.15, 0.2) is 54.6 Å². The van der Waals surface area contributed by atoms with E-state index in [2.05, 4.69) is 5.32 Å². The van der Waals surface area contributed by atoms with Crippen molar-refractivity contribution in [2.45, 2.75) is 13.0 Å². The molecule has 0 aliphatic carbocycles. The van der Waals surface area contributed by atoms with Crippen LogP contribution in [-0.2, 0) is 14.8 Å². The topological polar surface area (TPSA) is 84.9 Å². The lowest BCUT2D eigenvalue weighted by Crippen LogP contribution is -2.48. The molecule has 0 radical (unpaired) electrons. The van der Waals surface area contributed by atoms with Crippen molar-refractivity contribution in [3.05, 3.63) is 54.6 Å². The lowest BCUT2D eigenvalue weighted by Gasteiger charge is -2.28. The maximum Gasteiger partial charge on any atom is 0.243 e. The van der Waals surface area contributed by atoms with E-state index < -0.39 is 22.0 Å². The van der Waals surface area contributed by atoms with Gasteiger partial charge in [0.15, 0.2) is 11.5 Å².